The minimum Gasteiger partial charge on any atom is -0.470 e. The summed E-state index contributed by atoms with van der Waals surface area (Å²) in [6.45, 7) is 0.397. The van der Waals surface area contributed by atoms with E-state index in [9.17, 15) is 0 Å². The van der Waals surface area contributed by atoms with Crippen LogP contribution in [0.3, 0.4) is 0 Å². The first-order chi connectivity index (χ1) is 13.9. The summed E-state index contributed by atoms with van der Waals surface area (Å²) in [7, 11) is 0. The van der Waals surface area contributed by atoms with Crippen LogP contribution in [0.2, 0.25) is 0 Å². The van der Waals surface area contributed by atoms with E-state index < -0.39 is 0 Å². The highest BCUT2D eigenvalue weighted by Crippen LogP contribution is 2.31. The molecular formula is C22H21N5O. The highest BCUT2D eigenvalue weighted by atomic mass is 16.5. The Morgan fingerprint density at radius 1 is 0.857 bits per heavy atom. The fourth-order valence-corrected chi connectivity index (χ4v) is 3.79. The molecule has 6 nitrogen and oxygen atoms in total. The Balaban J connectivity index is 1.62. The van der Waals surface area contributed by atoms with E-state index in [-0.39, 0.29) is 0 Å². The molecule has 4 aromatic rings. The number of pyridine rings is 1. The van der Waals surface area contributed by atoms with E-state index in [0.29, 0.717) is 12.5 Å². The van der Waals surface area contributed by atoms with E-state index in [1.165, 1.54) is 17.5 Å². The second-order valence-corrected chi connectivity index (χ2v) is 7.06. The number of benzene rings is 1. The second kappa shape index (κ2) is 7.38. The Hall–Kier alpha value is -3.28. The van der Waals surface area contributed by atoms with Crippen molar-refractivity contribution in [3.05, 3.63) is 71.5 Å². The van der Waals surface area contributed by atoms with E-state index in [4.69, 9.17) is 9.84 Å². The van der Waals surface area contributed by atoms with Gasteiger partial charge in [-0.15, -0.1) is 15.3 Å². The Kier molecular flexibility index (Phi) is 4.45. The molecule has 140 valence electrons. The van der Waals surface area contributed by atoms with Gasteiger partial charge in [0.05, 0.1) is 5.69 Å². The van der Waals surface area contributed by atoms with Gasteiger partial charge in [0, 0.05) is 22.9 Å². The molecule has 0 spiro atoms. The fourth-order valence-electron chi connectivity index (χ4n) is 3.79. The first kappa shape index (κ1) is 16.9. The number of nitrogens with zero attached hydrogens (tertiary/aromatic N) is 5. The number of aromatic nitrogens is 5. The van der Waals surface area contributed by atoms with Crippen molar-refractivity contribution in [1.82, 2.24) is 24.8 Å². The normalized spacial score (nSPS) is 13.9. The summed E-state index contributed by atoms with van der Waals surface area (Å²) in [4.78, 5) is 4.36. The maximum Gasteiger partial charge on any atom is 0.235 e. The van der Waals surface area contributed by atoms with Gasteiger partial charge in [0.1, 0.15) is 6.61 Å². The zero-order chi connectivity index (χ0) is 18.8. The van der Waals surface area contributed by atoms with E-state index >= 15 is 0 Å². The molecule has 0 fully saturated rings. The maximum atomic E-state index is 6.16. The Labute approximate surface area is 163 Å². The number of rotatable bonds is 4. The Bertz CT molecular complexity index is 1090. The van der Waals surface area contributed by atoms with Gasteiger partial charge in [0.15, 0.2) is 11.5 Å². The fraction of sp³-hybridized carbons (Fsp3) is 0.273. The van der Waals surface area contributed by atoms with Gasteiger partial charge in [-0.3, -0.25) is 4.98 Å². The average Bonchev–Trinajstić information content (AvgIpc) is 3.02. The van der Waals surface area contributed by atoms with Crippen molar-refractivity contribution in [2.75, 3.05) is 0 Å². The summed E-state index contributed by atoms with van der Waals surface area (Å²) in [6, 6.07) is 15.9. The van der Waals surface area contributed by atoms with E-state index in [0.717, 1.165) is 48.4 Å². The lowest BCUT2D eigenvalue weighted by atomic mass is 10.1. The predicted molar refractivity (Wildman–Crippen MR) is 106 cm³/mol. The Morgan fingerprint density at radius 2 is 1.68 bits per heavy atom. The van der Waals surface area contributed by atoms with E-state index in [1.54, 1.807) is 6.20 Å². The molecule has 0 unspecified atom stereocenters. The van der Waals surface area contributed by atoms with Crippen LogP contribution >= 0.6 is 0 Å². The lowest BCUT2D eigenvalue weighted by Crippen LogP contribution is -2.09. The monoisotopic (exact) mass is 371 g/mol. The molecule has 0 atom stereocenters. The van der Waals surface area contributed by atoms with Gasteiger partial charge >= 0.3 is 0 Å². The molecule has 1 aliphatic carbocycles. The highest BCUT2D eigenvalue weighted by molar-refractivity contribution is 5.62. The standard InChI is InChI=1S/C22H21N5O/c1-3-9-16(10-4-1)20-24-25-21-18-12-5-2-6-13-19(18)22(26-27(20)21)28-15-17-11-7-8-14-23-17/h1,3-4,7-11,14H,2,5-6,12-13,15H2. The molecule has 0 saturated heterocycles. The quantitative estimate of drug-likeness (QED) is 0.507. The van der Waals surface area contributed by atoms with Crippen molar-refractivity contribution < 1.29 is 4.74 Å². The molecule has 3 heterocycles. The van der Waals surface area contributed by atoms with Crippen LogP contribution in [-0.4, -0.2) is 24.8 Å². The van der Waals surface area contributed by atoms with Gasteiger partial charge in [-0.05, 0) is 37.8 Å². The van der Waals surface area contributed by atoms with Crippen molar-refractivity contribution in [2.45, 2.75) is 38.7 Å². The van der Waals surface area contributed by atoms with Crippen molar-refractivity contribution in [3.8, 4) is 17.3 Å². The smallest absolute Gasteiger partial charge is 0.235 e. The van der Waals surface area contributed by atoms with Crippen LogP contribution in [0, 0.1) is 0 Å². The highest BCUT2D eigenvalue weighted by Gasteiger charge is 2.22. The van der Waals surface area contributed by atoms with Gasteiger partial charge in [-0.1, -0.05) is 42.8 Å². The molecule has 1 aromatic carbocycles. The number of aryl methyl sites for hydroxylation is 1. The first-order valence-corrected chi connectivity index (χ1v) is 9.75. The van der Waals surface area contributed by atoms with Gasteiger partial charge in [-0.25, -0.2) is 0 Å². The molecule has 0 saturated carbocycles. The maximum absolute atomic E-state index is 6.16. The largest absolute Gasteiger partial charge is 0.470 e. The molecular weight excluding hydrogens is 350 g/mol. The topological polar surface area (TPSA) is 65.2 Å². The minimum atomic E-state index is 0.397. The molecule has 0 aliphatic heterocycles. The molecule has 0 N–H and O–H groups in total. The summed E-state index contributed by atoms with van der Waals surface area (Å²) in [5, 5.41) is 13.8. The lowest BCUT2D eigenvalue weighted by Gasteiger charge is -2.14. The SMILES string of the molecule is c1ccc(-c2nnc3c4c(c(OCc5ccccn5)nn23)CCCCC4)cc1. The second-order valence-electron chi connectivity index (χ2n) is 7.06. The summed E-state index contributed by atoms with van der Waals surface area (Å²) in [5.41, 5.74) is 5.12. The van der Waals surface area contributed by atoms with E-state index in [1.807, 2.05) is 53.0 Å². The van der Waals surface area contributed by atoms with Gasteiger partial charge in [0.25, 0.3) is 0 Å². The molecule has 0 radical (unpaired) electrons. The predicted octanol–water partition coefficient (Wildman–Crippen LogP) is 4.03. The van der Waals surface area contributed by atoms with Crippen molar-refractivity contribution in [3.63, 3.8) is 0 Å². The van der Waals surface area contributed by atoms with Crippen molar-refractivity contribution >= 4 is 5.65 Å². The Morgan fingerprint density at radius 3 is 2.50 bits per heavy atom. The summed E-state index contributed by atoms with van der Waals surface area (Å²) in [6.07, 6.45) is 7.23. The van der Waals surface area contributed by atoms with E-state index in [2.05, 4.69) is 15.2 Å². The van der Waals surface area contributed by atoms with Gasteiger partial charge in [0.2, 0.25) is 5.88 Å². The first-order valence-electron chi connectivity index (χ1n) is 9.75. The molecule has 0 amide bonds. The van der Waals surface area contributed by atoms with Crippen LogP contribution in [0.15, 0.2) is 54.7 Å². The zero-order valence-corrected chi connectivity index (χ0v) is 15.6. The number of hydrogen-bond donors (Lipinski definition) is 0. The molecule has 5 rings (SSSR count). The third kappa shape index (κ3) is 3.11. The molecule has 1 aliphatic rings. The number of ether oxygens (including phenoxy) is 1. The summed E-state index contributed by atoms with van der Waals surface area (Å²) < 4.78 is 8.00. The third-order valence-electron chi connectivity index (χ3n) is 5.19. The zero-order valence-electron chi connectivity index (χ0n) is 15.6. The number of fused-ring (bicyclic) bond motifs is 3. The van der Waals surface area contributed by atoms with Gasteiger partial charge < -0.3 is 4.74 Å². The van der Waals surface area contributed by atoms with Crippen molar-refractivity contribution in [1.29, 1.82) is 0 Å². The minimum absolute atomic E-state index is 0.397. The lowest BCUT2D eigenvalue weighted by molar-refractivity contribution is 0.281. The van der Waals surface area contributed by atoms with Crippen LogP contribution in [-0.2, 0) is 19.4 Å². The van der Waals surface area contributed by atoms with Crippen LogP contribution in [0.4, 0.5) is 0 Å². The van der Waals surface area contributed by atoms with Crippen LogP contribution in [0.5, 0.6) is 5.88 Å². The summed E-state index contributed by atoms with van der Waals surface area (Å²) in [5.74, 6) is 1.41. The van der Waals surface area contributed by atoms with Gasteiger partial charge in [-0.2, -0.15) is 4.52 Å². The number of hydrogen-bond acceptors (Lipinski definition) is 5. The third-order valence-corrected chi connectivity index (χ3v) is 5.19. The van der Waals surface area contributed by atoms with Crippen LogP contribution < -0.4 is 4.74 Å². The molecule has 28 heavy (non-hydrogen) atoms. The molecule has 3 aromatic heterocycles. The summed E-state index contributed by atoms with van der Waals surface area (Å²) >= 11 is 0. The molecule has 6 heteroatoms. The van der Waals surface area contributed by atoms with Crippen LogP contribution in [0.25, 0.3) is 17.0 Å². The van der Waals surface area contributed by atoms with Crippen LogP contribution in [0.1, 0.15) is 36.1 Å². The average molecular weight is 371 g/mol. The molecule has 0 bridgehead atoms. The van der Waals surface area contributed by atoms with Crippen molar-refractivity contribution in [2.24, 2.45) is 0 Å².